The molecule has 0 fully saturated rings. The molecule has 0 aliphatic rings. The number of nitrogens with zero attached hydrogens (tertiary/aromatic N) is 1. The van der Waals surface area contributed by atoms with E-state index in [2.05, 4.69) is 5.32 Å². The number of ether oxygens (including phenoxy) is 1. The number of non-ortho nitro benzene ring substituents is 1. The number of amides is 1. The molecule has 0 saturated heterocycles. The van der Waals surface area contributed by atoms with Crippen LogP contribution in [0.15, 0.2) is 36.4 Å². The van der Waals surface area contributed by atoms with Crippen LogP contribution in [-0.2, 0) is 9.53 Å². The molecular formula is C20H21ClN2O5. The summed E-state index contributed by atoms with van der Waals surface area (Å²) in [5.74, 6) is -1.23. The summed E-state index contributed by atoms with van der Waals surface area (Å²) in [4.78, 5) is 35.1. The van der Waals surface area contributed by atoms with E-state index < -0.39 is 22.9 Å². The predicted octanol–water partition coefficient (Wildman–Crippen LogP) is 4.86. The van der Waals surface area contributed by atoms with Gasteiger partial charge >= 0.3 is 5.97 Å². The van der Waals surface area contributed by atoms with E-state index in [1.54, 1.807) is 0 Å². The van der Waals surface area contributed by atoms with Crippen molar-refractivity contribution in [2.45, 2.75) is 39.7 Å². The molecular weight excluding hydrogens is 384 g/mol. The number of benzene rings is 2. The molecule has 2 aromatic rings. The van der Waals surface area contributed by atoms with Gasteiger partial charge in [0.05, 0.1) is 15.5 Å². The molecule has 7 nitrogen and oxygen atoms in total. The van der Waals surface area contributed by atoms with Crippen LogP contribution in [0.25, 0.3) is 0 Å². The number of nitro benzene ring substituents is 1. The number of carbonyl (C=O) groups is 2. The molecule has 0 heterocycles. The third-order valence-corrected chi connectivity index (χ3v) is 4.54. The van der Waals surface area contributed by atoms with Gasteiger partial charge in [-0.15, -0.1) is 0 Å². The first-order valence-corrected chi connectivity index (χ1v) is 9.05. The maximum Gasteiger partial charge on any atom is 0.340 e. The summed E-state index contributed by atoms with van der Waals surface area (Å²) in [6.45, 7) is 7.32. The van der Waals surface area contributed by atoms with Crippen LogP contribution in [0.1, 0.15) is 48.2 Å². The van der Waals surface area contributed by atoms with Gasteiger partial charge in [0.1, 0.15) is 0 Å². The van der Waals surface area contributed by atoms with E-state index in [0.29, 0.717) is 5.69 Å². The van der Waals surface area contributed by atoms with Crippen molar-refractivity contribution in [1.82, 2.24) is 0 Å². The minimum atomic E-state index is -1.12. The normalized spacial score (nSPS) is 11.8. The number of hydrogen-bond acceptors (Lipinski definition) is 5. The number of anilines is 1. The molecule has 0 aliphatic heterocycles. The zero-order valence-electron chi connectivity index (χ0n) is 16.0. The number of nitrogens with one attached hydrogen (secondary N) is 1. The molecule has 0 radical (unpaired) electrons. The first-order chi connectivity index (χ1) is 13.1. The first kappa shape index (κ1) is 21.4. The van der Waals surface area contributed by atoms with E-state index in [0.717, 1.165) is 17.2 Å². The third-order valence-electron chi connectivity index (χ3n) is 4.21. The molecule has 0 aliphatic carbocycles. The highest BCUT2D eigenvalue weighted by Gasteiger charge is 2.24. The molecule has 2 rings (SSSR count). The zero-order valence-corrected chi connectivity index (χ0v) is 16.7. The molecule has 28 heavy (non-hydrogen) atoms. The Bertz CT molecular complexity index is 927. The third kappa shape index (κ3) is 4.86. The number of aryl methyl sites for hydroxylation is 1. The van der Waals surface area contributed by atoms with Crippen molar-refractivity contribution in [2.75, 3.05) is 5.32 Å². The fourth-order valence-corrected chi connectivity index (χ4v) is 2.82. The van der Waals surface area contributed by atoms with Gasteiger partial charge in [0.15, 0.2) is 6.10 Å². The minimum absolute atomic E-state index is 0.00389. The van der Waals surface area contributed by atoms with Crippen molar-refractivity contribution >= 4 is 34.9 Å². The summed E-state index contributed by atoms with van der Waals surface area (Å²) in [6.07, 6.45) is -1.12. The fraction of sp³-hybridized carbons (Fsp3) is 0.300. The highest BCUT2D eigenvalue weighted by molar-refractivity contribution is 6.33. The van der Waals surface area contributed by atoms with Crippen LogP contribution in [0.5, 0.6) is 0 Å². The molecule has 1 amide bonds. The maximum absolute atomic E-state index is 12.5. The average molecular weight is 405 g/mol. The quantitative estimate of drug-likeness (QED) is 0.421. The number of hydrogen-bond donors (Lipinski definition) is 1. The van der Waals surface area contributed by atoms with Crippen molar-refractivity contribution in [3.63, 3.8) is 0 Å². The Hall–Kier alpha value is -2.93. The lowest BCUT2D eigenvalue weighted by Gasteiger charge is -2.19. The lowest BCUT2D eigenvalue weighted by Crippen LogP contribution is -2.30. The van der Waals surface area contributed by atoms with Crippen LogP contribution in [-0.4, -0.2) is 22.9 Å². The van der Waals surface area contributed by atoms with E-state index in [1.165, 1.54) is 19.1 Å². The number of para-hydroxylation sites is 1. The highest BCUT2D eigenvalue weighted by atomic mass is 35.5. The molecule has 0 aromatic heterocycles. The minimum Gasteiger partial charge on any atom is -0.449 e. The first-order valence-electron chi connectivity index (χ1n) is 8.67. The van der Waals surface area contributed by atoms with Crippen molar-refractivity contribution in [3.8, 4) is 0 Å². The smallest absolute Gasteiger partial charge is 0.340 e. The molecule has 8 heteroatoms. The van der Waals surface area contributed by atoms with Crippen LogP contribution >= 0.6 is 11.6 Å². The summed E-state index contributed by atoms with van der Waals surface area (Å²) in [5, 5.41) is 13.7. The molecule has 0 unspecified atom stereocenters. The SMILES string of the molecule is Cc1cccc(C(C)C)c1NC(=O)[C@@H](C)OC(=O)c1cc([N+](=O)[O-])ccc1Cl. The molecule has 0 saturated carbocycles. The summed E-state index contributed by atoms with van der Waals surface area (Å²) in [5.41, 5.74) is 2.07. The van der Waals surface area contributed by atoms with Gasteiger partial charge in [-0.3, -0.25) is 14.9 Å². The number of carbonyl (C=O) groups excluding carboxylic acids is 2. The Morgan fingerprint density at radius 3 is 2.46 bits per heavy atom. The van der Waals surface area contributed by atoms with Crippen LogP contribution in [0, 0.1) is 17.0 Å². The van der Waals surface area contributed by atoms with E-state index >= 15 is 0 Å². The van der Waals surface area contributed by atoms with Crippen LogP contribution in [0.4, 0.5) is 11.4 Å². The average Bonchev–Trinajstić information content (AvgIpc) is 2.62. The Kier molecular flexibility index (Phi) is 6.75. The Morgan fingerprint density at radius 1 is 1.18 bits per heavy atom. The van der Waals surface area contributed by atoms with Gasteiger partial charge in [-0.05, 0) is 37.0 Å². The summed E-state index contributed by atoms with van der Waals surface area (Å²) in [6, 6.07) is 9.15. The van der Waals surface area contributed by atoms with Crippen molar-refractivity contribution in [1.29, 1.82) is 0 Å². The molecule has 0 spiro atoms. The number of halogens is 1. The van der Waals surface area contributed by atoms with Gasteiger partial charge in [-0.25, -0.2) is 4.79 Å². The van der Waals surface area contributed by atoms with E-state index in [4.69, 9.17) is 16.3 Å². The highest BCUT2D eigenvalue weighted by Crippen LogP contribution is 2.28. The van der Waals surface area contributed by atoms with Crippen LogP contribution < -0.4 is 5.32 Å². The van der Waals surface area contributed by atoms with E-state index in [1.807, 2.05) is 39.0 Å². The van der Waals surface area contributed by atoms with Crippen molar-refractivity contribution in [3.05, 3.63) is 68.2 Å². The maximum atomic E-state index is 12.5. The summed E-state index contributed by atoms with van der Waals surface area (Å²) < 4.78 is 5.17. The van der Waals surface area contributed by atoms with Gasteiger partial charge in [0.2, 0.25) is 0 Å². The standard InChI is InChI=1S/C20H21ClN2O5/c1-11(2)15-7-5-6-12(3)18(15)22-19(24)13(4)28-20(25)16-10-14(23(26)27)8-9-17(16)21/h5-11,13H,1-4H3,(H,22,24)/t13-/m1/s1. The Balaban J connectivity index is 2.17. The topological polar surface area (TPSA) is 98.5 Å². The number of rotatable bonds is 6. The second kappa shape index (κ2) is 8.84. The van der Waals surface area contributed by atoms with Gasteiger partial charge in [0.25, 0.3) is 11.6 Å². The lowest BCUT2D eigenvalue weighted by molar-refractivity contribution is -0.384. The molecule has 1 N–H and O–H groups in total. The lowest BCUT2D eigenvalue weighted by atomic mass is 9.98. The second-order valence-electron chi connectivity index (χ2n) is 6.65. The van der Waals surface area contributed by atoms with Crippen LogP contribution in [0.2, 0.25) is 5.02 Å². The zero-order chi connectivity index (χ0) is 21.0. The number of esters is 1. The van der Waals surface area contributed by atoms with Gasteiger partial charge in [0, 0.05) is 17.8 Å². The molecule has 0 bridgehead atoms. The summed E-state index contributed by atoms with van der Waals surface area (Å²) >= 11 is 5.94. The van der Waals surface area contributed by atoms with Crippen LogP contribution in [0.3, 0.4) is 0 Å². The Morgan fingerprint density at radius 2 is 1.86 bits per heavy atom. The van der Waals surface area contributed by atoms with Crippen molar-refractivity contribution in [2.24, 2.45) is 0 Å². The monoisotopic (exact) mass is 404 g/mol. The largest absolute Gasteiger partial charge is 0.449 e. The van der Waals surface area contributed by atoms with Gasteiger partial charge in [-0.1, -0.05) is 43.6 Å². The predicted molar refractivity (Wildman–Crippen MR) is 107 cm³/mol. The second-order valence-corrected chi connectivity index (χ2v) is 7.06. The fourth-order valence-electron chi connectivity index (χ4n) is 2.63. The summed E-state index contributed by atoms with van der Waals surface area (Å²) in [7, 11) is 0. The van der Waals surface area contributed by atoms with Gasteiger partial charge in [-0.2, -0.15) is 0 Å². The molecule has 1 atom stereocenters. The van der Waals surface area contributed by atoms with Crippen molar-refractivity contribution < 1.29 is 19.2 Å². The molecule has 2 aromatic carbocycles. The Labute approximate surface area is 167 Å². The number of nitro groups is 1. The molecule has 148 valence electrons. The van der Waals surface area contributed by atoms with Gasteiger partial charge < -0.3 is 10.1 Å². The van der Waals surface area contributed by atoms with E-state index in [-0.39, 0.29) is 22.2 Å². The van der Waals surface area contributed by atoms with E-state index in [9.17, 15) is 19.7 Å².